The van der Waals surface area contributed by atoms with E-state index >= 15 is 0 Å². The van der Waals surface area contributed by atoms with Crippen molar-refractivity contribution in [1.82, 2.24) is 14.9 Å². The summed E-state index contributed by atoms with van der Waals surface area (Å²) < 4.78 is 2.29. The third kappa shape index (κ3) is 2.08. The molecule has 1 aromatic heterocycles. The zero-order chi connectivity index (χ0) is 12.8. The van der Waals surface area contributed by atoms with Crippen molar-refractivity contribution < 1.29 is 5.11 Å². The van der Waals surface area contributed by atoms with Crippen LogP contribution < -0.4 is 5.32 Å². The largest absolute Gasteiger partial charge is 0.394 e. The molecule has 0 aromatic carbocycles. The first kappa shape index (κ1) is 12.2. The van der Waals surface area contributed by atoms with Crippen molar-refractivity contribution in [3.8, 4) is 0 Å². The Hall–Kier alpha value is -0.870. The van der Waals surface area contributed by atoms with E-state index in [1.165, 1.54) is 18.5 Å². The molecule has 4 heteroatoms. The molecule has 0 saturated heterocycles. The van der Waals surface area contributed by atoms with Crippen LogP contribution >= 0.6 is 0 Å². The SMILES string of the molecule is Cc1ncn(C2CCC(CO)(NC3CC3)C2)c1C. The van der Waals surface area contributed by atoms with Crippen molar-refractivity contribution >= 4 is 0 Å². The quantitative estimate of drug-likeness (QED) is 0.854. The van der Waals surface area contributed by atoms with E-state index in [4.69, 9.17) is 0 Å². The highest BCUT2D eigenvalue weighted by Crippen LogP contribution is 2.40. The Morgan fingerprint density at radius 3 is 2.78 bits per heavy atom. The lowest BCUT2D eigenvalue weighted by molar-refractivity contribution is 0.158. The van der Waals surface area contributed by atoms with Crippen LogP contribution in [0.4, 0.5) is 0 Å². The topological polar surface area (TPSA) is 50.1 Å². The minimum atomic E-state index is -0.0452. The minimum Gasteiger partial charge on any atom is -0.394 e. The molecule has 4 nitrogen and oxygen atoms in total. The predicted octanol–water partition coefficient (Wildman–Crippen LogP) is 1.71. The molecule has 18 heavy (non-hydrogen) atoms. The highest BCUT2D eigenvalue weighted by atomic mass is 16.3. The van der Waals surface area contributed by atoms with Gasteiger partial charge in [0.15, 0.2) is 0 Å². The van der Waals surface area contributed by atoms with Crippen LogP contribution in [0.5, 0.6) is 0 Å². The van der Waals surface area contributed by atoms with E-state index in [0.29, 0.717) is 12.1 Å². The van der Waals surface area contributed by atoms with Gasteiger partial charge in [0.2, 0.25) is 0 Å². The normalized spacial score (nSPS) is 32.1. The van der Waals surface area contributed by atoms with Crippen LogP contribution in [0.15, 0.2) is 6.33 Å². The van der Waals surface area contributed by atoms with Crippen LogP contribution in [0.25, 0.3) is 0 Å². The molecule has 0 spiro atoms. The summed E-state index contributed by atoms with van der Waals surface area (Å²) in [6.45, 7) is 4.45. The van der Waals surface area contributed by atoms with Crippen molar-refractivity contribution in [1.29, 1.82) is 0 Å². The molecular weight excluding hydrogens is 226 g/mol. The van der Waals surface area contributed by atoms with E-state index in [2.05, 4.69) is 28.7 Å². The first-order chi connectivity index (χ1) is 8.63. The molecule has 2 fully saturated rings. The summed E-state index contributed by atoms with van der Waals surface area (Å²) in [6, 6.07) is 1.14. The average Bonchev–Trinajstić information content (AvgIpc) is 2.98. The third-order valence-electron chi connectivity index (χ3n) is 4.65. The van der Waals surface area contributed by atoms with E-state index in [1.807, 2.05) is 6.33 Å². The van der Waals surface area contributed by atoms with Crippen LogP contribution in [-0.2, 0) is 0 Å². The zero-order valence-corrected chi connectivity index (χ0v) is 11.3. The van der Waals surface area contributed by atoms with Gasteiger partial charge in [-0.3, -0.25) is 0 Å². The lowest BCUT2D eigenvalue weighted by Crippen LogP contribution is -2.47. The van der Waals surface area contributed by atoms with Crippen LogP contribution in [-0.4, -0.2) is 32.8 Å². The summed E-state index contributed by atoms with van der Waals surface area (Å²) in [7, 11) is 0. The fraction of sp³-hybridized carbons (Fsp3) is 0.786. The molecule has 2 atom stereocenters. The number of aliphatic hydroxyl groups excluding tert-OH is 1. The van der Waals surface area contributed by atoms with Gasteiger partial charge in [-0.2, -0.15) is 0 Å². The summed E-state index contributed by atoms with van der Waals surface area (Å²) >= 11 is 0. The molecule has 2 N–H and O–H groups in total. The van der Waals surface area contributed by atoms with Crippen LogP contribution in [0, 0.1) is 13.8 Å². The molecule has 2 saturated carbocycles. The van der Waals surface area contributed by atoms with E-state index in [-0.39, 0.29) is 12.1 Å². The molecule has 2 aliphatic rings. The Kier molecular flexibility index (Phi) is 2.94. The maximum Gasteiger partial charge on any atom is 0.0954 e. The molecule has 1 heterocycles. The number of aryl methyl sites for hydroxylation is 1. The number of nitrogens with one attached hydrogen (secondary N) is 1. The number of imidazole rings is 1. The van der Waals surface area contributed by atoms with Gasteiger partial charge in [0.1, 0.15) is 0 Å². The summed E-state index contributed by atoms with van der Waals surface area (Å²) in [5.41, 5.74) is 2.34. The predicted molar refractivity (Wildman–Crippen MR) is 70.6 cm³/mol. The van der Waals surface area contributed by atoms with Crippen molar-refractivity contribution in [2.75, 3.05) is 6.61 Å². The molecule has 0 amide bonds. The van der Waals surface area contributed by atoms with E-state index in [0.717, 1.165) is 25.0 Å². The van der Waals surface area contributed by atoms with Crippen LogP contribution in [0.1, 0.15) is 49.5 Å². The van der Waals surface area contributed by atoms with Crippen LogP contribution in [0.3, 0.4) is 0 Å². The summed E-state index contributed by atoms with van der Waals surface area (Å²) in [5, 5.41) is 13.4. The average molecular weight is 249 g/mol. The molecule has 0 bridgehead atoms. The van der Waals surface area contributed by atoms with Crippen molar-refractivity contribution in [2.24, 2.45) is 0 Å². The minimum absolute atomic E-state index is 0.0452. The molecule has 0 radical (unpaired) electrons. The zero-order valence-electron chi connectivity index (χ0n) is 11.3. The summed E-state index contributed by atoms with van der Waals surface area (Å²) in [6.07, 6.45) is 7.74. The van der Waals surface area contributed by atoms with E-state index < -0.39 is 0 Å². The second kappa shape index (κ2) is 4.35. The molecule has 1 aromatic rings. The third-order valence-corrected chi connectivity index (χ3v) is 4.65. The first-order valence-electron chi connectivity index (χ1n) is 7.02. The van der Waals surface area contributed by atoms with E-state index in [1.54, 1.807) is 0 Å². The lowest BCUT2D eigenvalue weighted by Gasteiger charge is -2.29. The Labute approximate surface area is 108 Å². The Bertz CT molecular complexity index is 438. The maximum atomic E-state index is 9.75. The van der Waals surface area contributed by atoms with Gasteiger partial charge in [0, 0.05) is 23.3 Å². The van der Waals surface area contributed by atoms with E-state index in [9.17, 15) is 5.11 Å². The van der Waals surface area contributed by atoms with Gasteiger partial charge < -0.3 is 15.0 Å². The number of aliphatic hydroxyl groups is 1. The van der Waals surface area contributed by atoms with Crippen molar-refractivity contribution in [2.45, 2.75) is 63.6 Å². The Morgan fingerprint density at radius 2 is 2.22 bits per heavy atom. The number of aromatic nitrogens is 2. The number of nitrogens with zero attached hydrogens (tertiary/aromatic N) is 2. The fourth-order valence-electron chi connectivity index (χ4n) is 3.20. The smallest absolute Gasteiger partial charge is 0.0954 e. The Balaban J connectivity index is 1.75. The molecule has 2 aliphatic carbocycles. The maximum absolute atomic E-state index is 9.75. The summed E-state index contributed by atoms with van der Waals surface area (Å²) in [4.78, 5) is 4.39. The highest BCUT2D eigenvalue weighted by molar-refractivity contribution is 5.12. The number of hydrogen-bond acceptors (Lipinski definition) is 3. The number of rotatable bonds is 4. The van der Waals surface area contributed by atoms with Crippen LogP contribution in [0.2, 0.25) is 0 Å². The monoisotopic (exact) mass is 249 g/mol. The fourth-order valence-corrected chi connectivity index (χ4v) is 3.20. The van der Waals surface area contributed by atoms with Gasteiger partial charge >= 0.3 is 0 Å². The first-order valence-corrected chi connectivity index (χ1v) is 7.02. The van der Waals surface area contributed by atoms with Gasteiger partial charge in [-0.15, -0.1) is 0 Å². The molecule has 3 rings (SSSR count). The van der Waals surface area contributed by atoms with Gasteiger partial charge in [-0.05, 0) is 46.0 Å². The second-order valence-corrected chi connectivity index (χ2v) is 6.08. The van der Waals surface area contributed by atoms with Crippen molar-refractivity contribution in [3.05, 3.63) is 17.7 Å². The summed E-state index contributed by atoms with van der Waals surface area (Å²) in [5.74, 6) is 0. The van der Waals surface area contributed by atoms with Gasteiger partial charge in [0.25, 0.3) is 0 Å². The molecule has 2 unspecified atom stereocenters. The molecular formula is C14H23N3O. The molecule has 100 valence electrons. The highest BCUT2D eigenvalue weighted by Gasteiger charge is 2.42. The number of hydrogen-bond donors (Lipinski definition) is 2. The Morgan fingerprint density at radius 1 is 1.44 bits per heavy atom. The molecule has 0 aliphatic heterocycles. The van der Waals surface area contributed by atoms with Gasteiger partial charge in [-0.25, -0.2) is 4.98 Å². The lowest BCUT2D eigenvalue weighted by atomic mass is 9.98. The second-order valence-electron chi connectivity index (χ2n) is 6.08. The standard InChI is InChI=1S/C14H23N3O/c1-10-11(2)17(9-15-10)13-5-6-14(7-13,8-18)16-12-3-4-12/h9,12-13,16,18H,3-8H2,1-2H3. The van der Waals surface area contributed by atoms with Gasteiger partial charge in [0.05, 0.1) is 18.6 Å². The van der Waals surface area contributed by atoms with Crippen molar-refractivity contribution in [3.63, 3.8) is 0 Å². The van der Waals surface area contributed by atoms with Gasteiger partial charge in [-0.1, -0.05) is 0 Å².